The summed E-state index contributed by atoms with van der Waals surface area (Å²) in [5.41, 5.74) is 2.27. The smallest absolute Gasteiger partial charge is 0.221 e. The van der Waals surface area contributed by atoms with Crippen LogP contribution in [0.15, 0.2) is 35.2 Å². The number of nitrogens with one attached hydrogen (secondary N) is 1. The molecule has 1 aliphatic heterocycles. The molecule has 3 nitrogen and oxygen atoms in total. The minimum absolute atomic E-state index is 0.252. The van der Waals surface area contributed by atoms with Gasteiger partial charge in [-0.15, -0.1) is 0 Å². The lowest BCUT2D eigenvalue weighted by molar-refractivity contribution is 0.215. The Morgan fingerprint density at radius 2 is 2.41 bits per heavy atom. The van der Waals surface area contributed by atoms with Crippen LogP contribution >= 0.6 is 11.3 Å². The molecule has 0 radical (unpaired) electrons. The molecule has 0 amide bonds. The Morgan fingerprint density at radius 1 is 1.41 bits per heavy atom. The van der Waals surface area contributed by atoms with Crippen LogP contribution in [0.5, 0.6) is 5.88 Å². The van der Waals surface area contributed by atoms with E-state index >= 15 is 0 Å². The first kappa shape index (κ1) is 10.7. The standard InChI is InChI=1S/C13H14N2OS/c1-2-12(10-4-7-17-9-10)13(15-5-1)16-11-3-6-14-8-11/h1-2,4-5,7,9,11,14H,3,6,8H2. The van der Waals surface area contributed by atoms with Crippen molar-refractivity contribution < 1.29 is 4.74 Å². The van der Waals surface area contributed by atoms with E-state index in [0.717, 1.165) is 31.0 Å². The number of hydrogen-bond acceptors (Lipinski definition) is 4. The molecule has 3 rings (SSSR count). The Bertz CT molecular complexity index is 478. The summed E-state index contributed by atoms with van der Waals surface area (Å²) in [4.78, 5) is 4.35. The lowest BCUT2D eigenvalue weighted by Crippen LogP contribution is -2.20. The van der Waals surface area contributed by atoms with Gasteiger partial charge in [-0.2, -0.15) is 11.3 Å². The molecule has 0 aliphatic carbocycles. The molecule has 1 unspecified atom stereocenters. The van der Waals surface area contributed by atoms with Gasteiger partial charge in [-0.25, -0.2) is 4.98 Å². The van der Waals surface area contributed by atoms with Crippen LogP contribution in [0.4, 0.5) is 0 Å². The Labute approximate surface area is 104 Å². The molecule has 1 saturated heterocycles. The van der Waals surface area contributed by atoms with Crippen molar-refractivity contribution in [2.45, 2.75) is 12.5 Å². The molecular formula is C13H14N2OS. The maximum atomic E-state index is 5.96. The number of ether oxygens (including phenoxy) is 1. The van der Waals surface area contributed by atoms with Crippen LogP contribution in [-0.4, -0.2) is 24.2 Å². The van der Waals surface area contributed by atoms with Gasteiger partial charge >= 0.3 is 0 Å². The number of aromatic nitrogens is 1. The Kier molecular flexibility index (Phi) is 3.07. The van der Waals surface area contributed by atoms with Gasteiger partial charge in [-0.1, -0.05) is 0 Å². The lowest BCUT2D eigenvalue weighted by atomic mass is 10.1. The summed E-state index contributed by atoms with van der Waals surface area (Å²) in [7, 11) is 0. The first-order valence-corrected chi connectivity index (χ1v) is 6.73. The molecule has 17 heavy (non-hydrogen) atoms. The summed E-state index contributed by atoms with van der Waals surface area (Å²) in [6.07, 6.45) is 3.09. The van der Waals surface area contributed by atoms with Crippen molar-refractivity contribution in [2.24, 2.45) is 0 Å². The van der Waals surface area contributed by atoms with Crippen LogP contribution in [0.3, 0.4) is 0 Å². The Hall–Kier alpha value is -1.39. The quantitative estimate of drug-likeness (QED) is 0.903. The predicted octanol–water partition coefficient (Wildman–Crippen LogP) is 2.55. The van der Waals surface area contributed by atoms with Gasteiger partial charge in [0.25, 0.3) is 0 Å². The Morgan fingerprint density at radius 3 is 3.18 bits per heavy atom. The molecule has 1 aliphatic rings. The zero-order valence-electron chi connectivity index (χ0n) is 9.43. The molecule has 2 aromatic heterocycles. The number of thiophene rings is 1. The maximum absolute atomic E-state index is 5.96. The van der Waals surface area contributed by atoms with E-state index in [-0.39, 0.29) is 6.10 Å². The highest BCUT2D eigenvalue weighted by molar-refractivity contribution is 7.08. The first-order valence-electron chi connectivity index (χ1n) is 5.78. The fourth-order valence-corrected chi connectivity index (χ4v) is 2.66. The van der Waals surface area contributed by atoms with Crippen LogP contribution in [0.1, 0.15) is 6.42 Å². The van der Waals surface area contributed by atoms with Gasteiger partial charge in [0.05, 0.1) is 0 Å². The second kappa shape index (κ2) is 4.85. The molecule has 4 heteroatoms. The number of rotatable bonds is 3. The van der Waals surface area contributed by atoms with E-state index < -0.39 is 0 Å². The highest BCUT2D eigenvalue weighted by atomic mass is 32.1. The molecule has 0 aromatic carbocycles. The van der Waals surface area contributed by atoms with Gasteiger partial charge in [0.2, 0.25) is 5.88 Å². The number of hydrogen-bond donors (Lipinski definition) is 1. The van der Waals surface area contributed by atoms with Gasteiger partial charge in [-0.3, -0.25) is 0 Å². The molecule has 0 bridgehead atoms. The molecule has 0 saturated carbocycles. The summed E-state index contributed by atoms with van der Waals surface area (Å²) in [5.74, 6) is 0.750. The van der Waals surface area contributed by atoms with Crippen LogP contribution in [-0.2, 0) is 0 Å². The van der Waals surface area contributed by atoms with Crippen molar-refractivity contribution in [3.63, 3.8) is 0 Å². The second-order valence-corrected chi connectivity index (χ2v) is 4.88. The van der Waals surface area contributed by atoms with Gasteiger partial charge < -0.3 is 10.1 Å². The fraction of sp³-hybridized carbons (Fsp3) is 0.308. The predicted molar refractivity (Wildman–Crippen MR) is 69.5 cm³/mol. The number of nitrogens with zero attached hydrogens (tertiary/aromatic N) is 1. The monoisotopic (exact) mass is 246 g/mol. The molecule has 3 heterocycles. The van der Waals surface area contributed by atoms with Crippen molar-refractivity contribution in [1.29, 1.82) is 0 Å². The molecule has 2 aromatic rings. The van der Waals surface area contributed by atoms with Gasteiger partial charge in [0.1, 0.15) is 6.10 Å². The zero-order valence-corrected chi connectivity index (χ0v) is 10.2. The fourth-order valence-electron chi connectivity index (χ4n) is 2.01. The van der Waals surface area contributed by atoms with E-state index in [0.29, 0.717) is 0 Å². The van der Waals surface area contributed by atoms with E-state index in [1.54, 1.807) is 17.5 Å². The summed E-state index contributed by atoms with van der Waals surface area (Å²) >= 11 is 1.69. The van der Waals surface area contributed by atoms with Crippen molar-refractivity contribution in [1.82, 2.24) is 10.3 Å². The molecule has 1 N–H and O–H groups in total. The van der Waals surface area contributed by atoms with E-state index in [9.17, 15) is 0 Å². The first-order chi connectivity index (χ1) is 8.43. The lowest BCUT2D eigenvalue weighted by Gasteiger charge is -2.14. The highest BCUT2D eigenvalue weighted by Gasteiger charge is 2.18. The van der Waals surface area contributed by atoms with Crippen molar-refractivity contribution in [3.8, 4) is 17.0 Å². The third kappa shape index (κ3) is 2.33. The van der Waals surface area contributed by atoms with Crippen LogP contribution < -0.4 is 10.1 Å². The summed E-state index contributed by atoms with van der Waals surface area (Å²) in [5, 5.41) is 7.49. The molecule has 1 atom stereocenters. The molecular weight excluding hydrogens is 232 g/mol. The van der Waals surface area contributed by atoms with Crippen molar-refractivity contribution >= 4 is 11.3 Å². The minimum atomic E-state index is 0.252. The van der Waals surface area contributed by atoms with Crippen molar-refractivity contribution in [2.75, 3.05) is 13.1 Å². The summed E-state index contributed by atoms with van der Waals surface area (Å²) in [6.45, 7) is 1.95. The summed E-state index contributed by atoms with van der Waals surface area (Å²) in [6, 6.07) is 6.11. The van der Waals surface area contributed by atoms with E-state index in [1.165, 1.54) is 5.56 Å². The maximum Gasteiger partial charge on any atom is 0.221 e. The average molecular weight is 246 g/mol. The minimum Gasteiger partial charge on any atom is -0.473 e. The largest absolute Gasteiger partial charge is 0.473 e. The van der Waals surface area contributed by atoms with E-state index in [4.69, 9.17) is 4.74 Å². The molecule has 88 valence electrons. The summed E-state index contributed by atoms with van der Waals surface area (Å²) < 4.78 is 5.96. The highest BCUT2D eigenvalue weighted by Crippen LogP contribution is 2.30. The SMILES string of the molecule is c1cnc(OC2CCNC2)c(-c2ccsc2)c1. The van der Waals surface area contributed by atoms with Gasteiger partial charge in [0.15, 0.2) is 0 Å². The van der Waals surface area contributed by atoms with Gasteiger partial charge in [0, 0.05) is 18.3 Å². The van der Waals surface area contributed by atoms with Crippen LogP contribution in [0.2, 0.25) is 0 Å². The zero-order chi connectivity index (χ0) is 11.5. The Balaban J connectivity index is 1.88. The topological polar surface area (TPSA) is 34.1 Å². The van der Waals surface area contributed by atoms with Gasteiger partial charge in [-0.05, 0) is 47.5 Å². The van der Waals surface area contributed by atoms with Crippen molar-refractivity contribution in [3.05, 3.63) is 35.2 Å². The second-order valence-electron chi connectivity index (χ2n) is 4.10. The average Bonchev–Trinajstić information content (AvgIpc) is 3.01. The molecule has 0 spiro atoms. The van der Waals surface area contributed by atoms with E-state index in [1.807, 2.05) is 6.07 Å². The third-order valence-electron chi connectivity index (χ3n) is 2.90. The van der Waals surface area contributed by atoms with Crippen LogP contribution in [0, 0.1) is 0 Å². The van der Waals surface area contributed by atoms with Crippen LogP contribution in [0.25, 0.3) is 11.1 Å². The third-order valence-corrected chi connectivity index (χ3v) is 3.58. The number of pyridine rings is 1. The molecule has 1 fully saturated rings. The normalized spacial score (nSPS) is 19.4. The van der Waals surface area contributed by atoms with E-state index in [2.05, 4.69) is 33.2 Å².